The van der Waals surface area contributed by atoms with Gasteiger partial charge in [-0.15, -0.1) is 0 Å². The number of para-hydroxylation sites is 2. The van der Waals surface area contributed by atoms with Crippen molar-refractivity contribution in [2.45, 2.75) is 6.92 Å². The monoisotopic (exact) mass is 378 g/mol. The molecule has 4 rings (SSSR count). The smallest absolute Gasteiger partial charge is 0.257 e. The van der Waals surface area contributed by atoms with Crippen molar-refractivity contribution >= 4 is 11.9 Å². The Morgan fingerprint density at radius 3 is 2.46 bits per heavy atom. The molecule has 0 unspecified atom stereocenters. The van der Waals surface area contributed by atoms with Gasteiger partial charge in [-0.2, -0.15) is 4.68 Å². The number of amides is 1. The number of rotatable bonds is 5. The third kappa shape index (κ3) is 3.53. The Balaban J connectivity index is 1.46. The zero-order valence-electron chi connectivity index (χ0n) is 15.7. The fourth-order valence-corrected chi connectivity index (χ4v) is 3.32. The molecule has 2 heterocycles. The second-order valence-corrected chi connectivity index (χ2v) is 6.43. The molecular weight excluding hydrogens is 356 g/mol. The van der Waals surface area contributed by atoms with E-state index in [-0.39, 0.29) is 5.91 Å². The quantitative estimate of drug-likeness (QED) is 0.676. The van der Waals surface area contributed by atoms with Crippen molar-refractivity contribution in [1.82, 2.24) is 25.1 Å². The zero-order valence-corrected chi connectivity index (χ0v) is 15.7. The molecule has 0 spiro atoms. The van der Waals surface area contributed by atoms with Gasteiger partial charge in [-0.05, 0) is 41.6 Å². The molecule has 0 radical (unpaired) electrons. The fraction of sp³-hybridized carbons (Fsp3) is 0.300. The van der Waals surface area contributed by atoms with Crippen molar-refractivity contribution in [1.29, 1.82) is 0 Å². The first-order chi connectivity index (χ1) is 13.8. The van der Waals surface area contributed by atoms with E-state index in [2.05, 4.69) is 20.4 Å². The van der Waals surface area contributed by atoms with Gasteiger partial charge in [0.15, 0.2) is 0 Å². The third-order valence-corrected chi connectivity index (χ3v) is 4.72. The maximum atomic E-state index is 13.0. The predicted molar refractivity (Wildman–Crippen MR) is 105 cm³/mol. The van der Waals surface area contributed by atoms with Crippen LogP contribution in [0.5, 0.6) is 5.75 Å². The molecule has 0 saturated carbocycles. The Kier molecular flexibility index (Phi) is 5.18. The van der Waals surface area contributed by atoms with E-state index in [4.69, 9.17) is 4.74 Å². The summed E-state index contributed by atoms with van der Waals surface area (Å²) in [4.78, 5) is 16.9. The Morgan fingerprint density at radius 1 is 1.00 bits per heavy atom. The van der Waals surface area contributed by atoms with E-state index >= 15 is 0 Å². The van der Waals surface area contributed by atoms with Crippen LogP contribution in [0.3, 0.4) is 0 Å². The van der Waals surface area contributed by atoms with E-state index in [9.17, 15) is 4.79 Å². The number of ether oxygens (including phenoxy) is 1. The zero-order chi connectivity index (χ0) is 19.3. The summed E-state index contributed by atoms with van der Waals surface area (Å²) in [6.07, 6.45) is 0. The summed E-state index contributed by atoms with van der Waals surface area (Å²) in [5.41, 5.74) is 1.51. The molecule has 1 aromatic heterocycles. The van der Waals surface area contributed by atoms with Gasteiger partial charge >= 0.3 is 0 Å². The highest BCUT2D eigenvalue weighted by molar-refractivity contribution is 5.97. The van der Waals surface area contributed by atoms with Crippen LogP contribution >= 0.6 is 0 Å². The molecule has 1 aliphatic rings. The van der Waals surface area contributed by atoms with Gasteiger partial charge in [-0.1, -0.05) is 35.4 Å². The standard InChI is InChI=1S/C20H22N6O2/c1-2-28-18-11-7-6-10-17(18)19(27)24-12-14-25(15-13-24)20-21-22-23-26(20)16-8-4-3-5-9-16/h3-11H,2,12-15H2,1H3. The van der Waals surface area contributed by atoms with Crippen LogP contribution in [0, 0.1) is 0 Å². The number of carbonyl (C=O) groups excluding carboxylic acids is 1. The van der Waals surface area contributed by atoms with Gasteiger partial charge in [0.2, 0.25) is 5.95 Å². The maximum Gasteiger partial charge on any atom is 0.257 e. The van der Waals surface area contributed by atoms with Crippen LogP contribution in [0.15, 0.2) is 54.6 Å². The summed E-state index contributed by atoms with van der Waals surface area (Å²) in [5, 5.41) is 12.1. The van der Waals surface area contributed by atoms with Crippen LogP contribution in [0.4, 0.5) is 5.95 Å². The van der Waals surface area contributed by atoms with E-state index in [1.807, 2.05) is 66.4 Å². The second kappa shape index (κ2) is 8.08. The number of benzene rings is 2. The first-order valence-corrected chi connectivity index (χ1v) is 9.38. The molecule has 28 heavy (non-hydrogen) atoms. The summed E-state index contributed by atoms with van der Waals surface area (Å²) in [5.74, 6) is 1.31. The molecule has 1 fully saturated rings. The first-order valence-electron chi connectivity index (χ1n) is 9.38. The molecule has 8 nitrogen and oxygen atoms in total. The van der Waals surface area contributed by atoms with Gasteiger partial charge < -0.3 is 14.5 Å². The minimum Gasteiger partial charge on any atom is -0.493 e. The molecule has 3 aromatic rings. The summed E-state index contributed by atoms with van der Waals surface area (Å²) >= 11 is 0. The largest absolute Gasteiger partial charge is 0.493 e. The number of piperazine rings is 1. The molecule has 0 bridgehead atoms. The van der Waals surface area contributed by atoms with E-state index in [0.717, 1.165) is 5.69 Å². The average molecular weight is 378 g/mol. The molecule has 144 valence electrons. The Morgan fingerprint density at radius 2 is 1.71 bits per heavy atom. The van der Waals surface area contributed by atoms with Crippen LogP contribution in [0.1, 0.15) is 17.3 Å². The molecule has 8 heteroatoms. The van der Waals surface area contributed by atoms with Crippen molar-refractivity contribution < 1.29 is 9.53 Å². The van der Waals surface area contributed by atoms with Gasteiger partial charge in [-0.25, -0.2) is 0 Å². The summed E-state index contributed by atoms with van der Waals surface area (Å²) in [6, 6.07) is 17.2. The molecule has 0 N–H and O–H groups in total. The SMILES string of the molecule is CCOc1ccccc1C(=O)N1CCN(c2nnnn2-c2ccccc2)CC1. The van der Waals surface area contributed by atoms with Gasteiger partial charge in [-0.3, -0.25) is 4.79 Å². The fourth-order valence-electron chi connectivity index (χ4n) is 3.32. The summed E-state index contributed by atoms with van der Waals surface area (Å²) < 4.78 is 7.33. The predicted octanol–water partition coefficient (Wildman–Crippen LogP) is 2.02. The average Bonchev–Trinajstić information content (AvgIpc) is 3.25. The minimum absolute atomic E-state index is 0.00801. The van der Waals surface area contributed by atoms with Gasteiger partial charge in [0, 0.05) is 26.2 Å². The van der Waals surface area contributed by atoms with E-state index in [1.54, 1.807) is 4.68 Å². The van der Waals surface area contributed by atoms with Crippen LogP contribution in [-0.4, -0.2) is 63.8 Å². The molecule has 0 atom stereocenters. The number of hydrogen-bond donors (Lipinski definition) is 0. The van der Waals surface area contributed by atoms with Crippen LogP contribution in [0.25, 0.3) is 5.69 Å². The second-order valence-electron chi connectivity index (χ2n) is 6.43. The van der Waals surface area contributed by atoms with E-state index in [0.29, 0.717) is 50.0 Å². The highest BCUT2D eigenvalue weighted by atomic mass is 16.5. The highest BCUT2D eigenvalue weighted by Crippen LogP contribution is 2.22. The van der Waals surface area contributed by atoms with Gasteiger partial charge in [0.25, 0.3) is 5.91 Å². The molecule has 1 amide bonds. The number of carbonyl (C=O) groups is 1. The number of anilines is 1. The number of aromatic nitrogens is 4. The van der Waals surface area contributed by atoms with Gasteiger partial charge in [0.05, 0.1) is 17.9 Å². The maximum absolute atomic E-state index is 13.0. The molecule has 2 aromatic carbocycles. The first kappa shape index (κ1) is 18.0. The topological polar surface area (TPSA) is 76.4 Å². The van der Waals surface area contributed by atoms with E-state index < -0.39 is 0 Å². The lowest BCUT2D eigenvalue weighted by atomic mass is 10.1. The third-order valence-electron chi connectivity index (χ3n) is 4.72. The van der Waals surface area contributed by atoms with Crippen molar-refractivity contribution in [3.05, 3.63) is 60.2 Å². The number of tetrazole rings is 1. The molecule has 1 aliphatic heterocycles. The van der Waals surface area contributed by atoms with Gasteiger partial charge in [0.1, 0.15) is 5.75 Å². The van der Waals surface area contributed by atoms with Crippen molar-refractivity contribution in [3.63, 3.8) is 0 Å². The Hall–Kier alpha value is -3.42. The summed E-state index contributed by atoms with van der Waals surface area (Å²) in [7, 11) is 0. The molecular formula is C20H22N6O2. The summed E-state index contributed by atoms with van der Waals surface area (Å²) in [6.45, 7) is 4.96. The van der Waals surface area contributed by atoms with Crippen molar-refractivity contribution in [2.24, 2.45) is 0 Å². The van der Waals surface area contributed by atoms with Crippen LogP contribution < -0.4 is 9.64 Å². The van der Waals surface area contributed by atoms with Crippen LogP contribution in [0.2, 0.25) is 0 Å². The van der Waals surface area contributed by atoms with Crippen molar-refractivity contribution in [3.8, 4) is 11.4 Å². The Bertz CT molecular complexity index is 935. The lowest BCUT2D eigenvalue weighted by Gasteiger charge is -2.35. The van der Waals surface area contributed by atoms with E-state index in [1.165, 1.54) is 0 Å². The molecule has 1 saturated heterocycles. The normalized spacial score (nSPS) is 14.2. The Labute approximate surface area is 163 Å². The lowest BCUT2D eigenvalue weighted by Crippen LogP contribution is -2.49. The van der Waals surface area contributed by atoms with Crippen LogP contribution in [-0.2, 0) is 0 Å². The minimum atomic E-state index is -0.00801. The lowest BCUT2D eigenvalue weighted by molar-refractivity contribution is 0.0742. The highest BCUT2D eigenvalue weighted by Gasteiger charge is 2.26. The number of hydrogen-bond acceptors (Lipinski definition) is 6. The molecule has 0 aliphatic carbocycles. The van der Waals surface area contributed by atoms with Crippen molar-refractivity contribution in [2.75, 3.05) is 37.7 Å². The number of nitrogens with zero attached hydrogens (tertiary/aromatic N) is 6.